The number of rotatable bonds is 3. The van der Waals surface area contributed by atoms with Crippen LogP contribution in [-0.2, 0) is 10.2 Å². The first kappa shape index (κ1) is 11.1. The van der Waals surface area contributed by atoms with Crippen molar-refractivity contribution in [2.45, 2.75) is 31.3 Å². The Morgan fingerprint density at radius 3 is 2.56 bits per heavy atom. The number of carbonyl (C=O) groups excluding carboxylic acids is 1. The number of methoxy groups -OCH3 is 1. The van der Waals surface area contributed by atoms with E-state index in [9.17, 15) is 9.90 Å². The topological polar surface area (TPSA) is 46.5 Å². The third-order valence-corrected chi connectivity index (χ3v) is 3.46. The van der Waals surface area contributed by atoms with E-state index in [1.54, 1.807) is 13.0 Å². The van der Waals surface area contributed by atoms with Crippen LogP contribution in [0.1, 0.15) is 35.7 Å². The number of ether oxygens (including phenoxy) is 1. The molecule has 0 aliphatic heterocycles. The van der Waals surface area contributed by atoms with Gasteiger partial charge >= 0.3 is 5.97 Å². The van der Waals surface area contributed by atoms with E-state index in [1.807, 2.05) is 18.2 Å². The monoisotopic (exact) mass is 220 g/mol. The summed E-state index contributed by atoms with van der Waals surface area (Å²) in [5, 5.41) is 9.82. The lowest BCUT2D eigenvalue weighted by molar-refractivity contribution is 0.0596. The summed E-state index contributed by atoms with van der Waals surface area (Å²) < 4.78 is 4.76. The third kappa shape index (κ3) is 1.61. The average Bonchev–Trinajstić information content (AvgIpc) is 3.09. The largest absolute Gasteiger partial charge is 0.465 e. The predicted molar refractivity (Wildman–Crippen MR) is 60.4 cm³/mol. The van der Waals surface area contributed by atoms with Gasteiger partial charge in [0.1, 0.15) is 0 Å². The molecule has 3 nitrogen and oxygen atoms in total. The molecule has 1 fully saturated rings. The number of hydrogen-bond acceptors (Lipinski definition) is 3. The molecule has 1 atom stereocenters. The van der Waals surface area contributed by atoms with E-state index in [0.29, 0.717) is 5.56 Å². The second kappa shape index (κ2) is 3.91. The van der Waals surface area contributed by atoms with Crippen molar-refractivity contribution in [1.29, 1.82) is 0 Å². The van der Waals surface area contributed by atoms with Crippen molar-refractivity contribution in [3.8, 4) is 0 Å². The molecule has 2 rings (SSSR count). The highest BCUT2D eigenvalue weighted by molar-refractivity contribution is 5.91. The fourth-order valence-electron chi connectivity index (χ4n) is 2.25. The maximum atomic E-state index is 11.6. The van der Waals surface area contributed by atoms with Gasteiger partial charge in [-0.2, -0.15) is 0 Å². The summed E-state index contributed by atoms with van der Waals surface area (Å²) in [6, 6.07) is 7.37. The summed E-state index contributed by atoms with van der Waals surface area (Å²) in [5.41, 5.74) is 1.25. The second-order valence-electron chi connectivity index (χ2n) is 4.37. The molecule has 16 heavy (non-hydrogen) atoms. The summed E-state index contributed by atoms with van der Waals surface area (Å²) in [5.74, 6) is -0.331. The molecule has 1 saturated carbocycles. The Kier molecular flexibility index (Phi) is 2.72. The number of carbonyl (C=O) groups is 1. The molecule has 1 unspecified atom stereocenters. The van der Waals surface area contributed by atoms with E-state index in [-0.39, 0.29) is 11.4 Å². The number of hydrogen-bond donors (Lipinski definition) is 1. The van der Waals surface area contributed by atoms with Crippen molar-refractivity contribution in [2.24, 2.45) is 0 Å². The van der Waals surface area contributed by atoms with Crippen molar-refractivity contribution < 1.29 is 14.6 Å². The van der Waals surface area contributed by atoms with Crippen LogP contribution in [0.25, 0.3) is 0 Å². The molecule has 3 heteroatoms. The minimum Gasteiger partial charge on any atom is -0.465 e. The molecule has 0 saturated heterocycles. The van der Waals surface area contributed by atoms with Crippen LogP contribution in [0.15, 0.2) is 24.3 Å². The molecule has 0 aromatic heterocycles. The van der Waals surface area contributed by atoms with Crippen molar-refractivity contribution in [1.82, 2.24) is 0 Å². The molecule has 0 amide bonds. The first-order valence-corrected chi connectivity index (χ1v) is 5.48. The van der Waals surface area contributed by atoms with Crippen LogP contribution in [0, 0.1) is 0 Å². The summed E-state index contributed by atoms with van der Waals surface area (Å²) in [6.07, 6.45) is 1.43. The number of aliphatic hydroxyl groups excluding tert-OH is 1. The standard InChI is InChI=1S/C13H16O3/c1-9(14)13(7-8-13)11-6-4-3-5-10(11)12(15)16-2/h3-6,9,14H,7-8H2,1-2H3. The summed E-state index contributed by atoms with van der Waals surface area (Å²) in [6.45, 7) is 1.78. The van der Waals surface area contributed by atoms with Crippen LogP contribution in [-0.4, -0.2) is 24.3 Å². The summed E-state index contributed by atoms with van der Waals surface area (Å²) >= 11 is 0. The number of benzene rings is 1. The first-order valence-electron chi connectivity index (χ1n) is 5.48. The van der Waals surface area contributed by atoms with Gasteiger partial charge in [0.2, 0.25) is 0 Å². The van der Waals surface area contributed by atoms with Gasteiger partial charge in [0, 0.05) is 5.41 Å². The summed E-state index contributed by atoms with van der Waals surface area (Å²) in [4.78, 5) is 11.6. The highest BCUT2D eigenvalue weighted by Gasteiger charge is 2.50. The van der Waals surface area contributed by atoms with E-state index >= 15 is 0 Å². The molecule has 1 aromatic rings. The zero-order valence-corrected chi connectivity index (χ0v) is 9.56. The fourth-order valence-corrected chi connectivity index (χ4v) is 2.25. The number of esters is 1. The molecule has 0 heterocycles. The Morgan fingerprint density at radius 2 is 2.06 bits per heavy atom. The Hall–Kier alpha value is -1.35. The van der Waals surface area contributed by atoms with Gasteiger partial charge in [0.05, 0.1) is 18.8 Å². The SMILES string of the molecule is COC(=O)c1ccccc1C1(C(C)O)CC1. The van der Waals surface area contributed by atoms with Crippen LogP contribution >= 0.6 is 0 Å². The first-order chi connectivity index (χ1) is 7.62. The predicted octanol–water partition coefficient (Wildman–Crippen LogP) is 1.89. The molecular formula is C13H16O3. The van der Waals surface area contributed by atoms with E-state index in [1.165, 1.54) is 7.11 Å². The lowest BCUT2D eigenvalue weighted by atomic mass is 9.87. The minimum atomic E-state index is -0.432. The smallest absolute Gasteiger partial charge is 0.338 e. The van der Waals surface area contributed by atoms with Crippen LogP contribution in [0.3, 0.4) is 0 Å². The molecule has 1 aliphatic carbocycles. The average molecular weight is 220 g/mol. The molecule has 0 bridgehead atoms. The van der Waals surface area contributed by atoms with Crippen molar-refractivity contribution in [2.75, 3.05) is 7.11 Å². The van der Waals surface area contributed by atoms with E-state index < -0.39 is 6.10 Å². The van der Waals surface area contributed by atoms with Gasteiger partial charge in [-0.3, -0.25) is 0 Å². The minimum absolute atomic E-state index is 0.231. The Balaban J connectivity index is 2.45. The number of aliphatic hydroxyl groups is 1. The molecule has 1 N–H and O–H groups in total. The molecule has 0 spiro atoms. The Bertz CT molecular complexity index is 405. The molecule has 1 aliphatic rings. The van der Waals surface area contributed by atoms with E-state index in [0.717, 1.165) is 18.4 Å². The van der Waals surface area contributed by atoms with Crippen LogP contribution in [0.2, 0.25) is 0 Å². The third-order valence-electron chi connectivity index (χ3n) is 3.46. The van der Waals surface area contributed by atoms with Crippen LogP contribution < -0.4 is 0 Å². The van der Waals surface area contributed by atoms with Gasteiger partial charge in [0.25, 0.3) is 0 Å². The highest BCUT2D eigenvalue weighted by Crippen LogP contribution is 2.52. The van der Waals surface area contributed by atoms with Gasteiger partial charge in [0.15, 0.2) is 0 Å². The fraction of sp³-hybridized carbons (Fsp3) is 0.462. The second-order valence-corrected chi connectivity index (χ2v) is 4.37. The van der Waals surface area contributed by atoms with E-state index in [4.69, 9.17) is 4.74 Å². The van der Waals surface area contributed by atoms with Gasteiger partial charge in [-0.1, -0.05) is 18.2 Å². The zero-order chi connectivity index (χ0) is 11.8. The van der Waals surface area contributed by atoms with Crippen LogP contribution in [0.5, 0.6) is 0 Å². The zero-order valence-electron chi connectivity index (χ0n) is 9.56. The van der Waals surface area contributed by atoms with Gasteiger partial charge in [-0.25, -0.2) is 4.79 Å². The molecule has 1 aromatic carbocycles. The van der Waals surface area contributed by atoms with Gasteiger partial charge < -0.3 is 9.84 Å². The molecular weight excluding hydrogens is 204 g/mol. The van der Waals surface area contributed by atoms with Crippen molar-refractivity contribution in [3.05, 3.63) is 35.4 Å². The van der Waals surface area contributed by atoms with Crippen molar-refractivity contribution >= 4 is 5.97 Å². The summed E-state index contributed by atoms with van der Waals surface area (Å²) in [7, 11) is 1.38. The van der Waals surface area contributed by atoms with Crippen LogP contribution in [0.4, 0.5) is 0 Å². The lowest BCUT2D eigenvalue weighted by Gasteiger charge is -2.21. The lowest BCUT2D eigenvalue weighted by Crippen LogP contribution is -2.25. The van der Waals surface area contributed by atoms with E-state index in [2.05, 4.69) is 0 Å². The quantitative estimate of drug-likeness (QED) is 0.791. The normalized spacial score (nSPS) is 18.9. The molecule has 86 valence electrons. The molecule has 0 radical (unpaired) electrons. The Labute approximate surface area is 95.0 Å². The Morgan fingerprint density at radius 1 is 1.44 bits per heavy atom. The van der Waals surface area contributed by atoms with Crippen molar-refractivity contribution in [3.63, 3.8) is 0 Å². The van der Waals surface area contributed by atoms with Gasteiger partial charge in [-0.15, -0.1) is 0 Å². The maximum Gasteiger partial charge on any atom is 0.338 e. The highest BCUT2D eigenvalue weighted by atomic mass is 16.5. The maximum absolute atomic E-state index is 11.6. The van der Waals surface area contributed by atoms with Gasteiger partial charge in [-0.05, 0) is 31.4 Å².